The van der Waals surface area contributed by atoms with Crippen LogP contribution >= 0.6 is 11.6 Å². The lowest BCUT2D eigenvalue weighted by molar-refractivity contribution is -0.135. The summed E-state index contributed by atoms with van der Waals surface area (Å²) in [5.41, 5.74) is 0.705. The second-order valence-corrected chi connectivity index (χ2v) is 10.7. The predicted molar refractivity (Wildman–Crippen MR) is 147 cm³/mol. The van der Waals surface area contributed by atoms with Crippen molar-refractivity contribution >= 4 is 23.3 Å². The number of halogens is 2. The second-order valence-electron chi connectivity index (χ2n) is 10.3. The standard InChI is InChI=1S/C29H32ClFN6O2/c1-39-22-9-10-23(26(31)15-22)24-17-37(28-11-8-21(16-32)34-35-28)18-25(24)29(38)36-13-2-3-27(33-12-14-36)19-4-6-20(30)7-5-19/h4,6-11,15,19,24-25,27,33H,2-3,5,12-14,17-18H2,1H3/t19?,24-,25+,27-/m0/s1. The number of rotatable bonds is 5. The number of ether oxygens (including phenoxy) is 1. The first kappa shape index (κ1) is 27.1. The summed E-state index contributed by atoms with van der Waals surface area (Å²) < 4.78 is 20.4. The fraction of sp³-hybridized carbons (Fsp3) is 0.448. The molecule has 3 heterocycles. The Morgan fingerprint density at radius 3 is 2.79 bits per heavy atom. The van der Waals surface area contributed by atoms with Crippen molar-refractivity contribution in [1.82, 2.24) is 20.4 Å². The Bertz CT molecular complexity index is 1280. The number of amides is 1. The van der Waals surface area contributed by atoms with Crippen molar-refractivity contribution in [2.45, 2.75) is 31.2 Å². The number of aromatic nitrogens is 2. The van der Waals surface area contributed by atoms with Crippen molar-refractivity contribution < 1.29 is 13.9 Å². The number of hydrogen-bond acceptors (Lipinski definition) is 7. The minimum atomic E-state index is -0.450. The van der Waals surface area contributed by atoms with Gasteiger partial charge in [-0.05, 0) is 55.0 Å². The molecule has 10 heteroatoms. The van der Waals surface area contributed by atoms with Crippen LogP contribution in [0.2, 0.25) is 0 Å². The van der Waals surface area contributed by atoms with E-state index in [1.54, 1.807) is 24.3 Å². The Hall–Kier alpha value is -3.48. The summed E-state index contributed by atoms with van der Waals surface area (Å²) in [6, 6.07) is 10.5. The monoisotopic (exact) mass is 550 g/mol. The van der Waals surface area contributed by atoms with Gasteiger partial charge in [0.25, 0.3) is 0 Å². The zero-order valence-corrected chi connectivity index (χ0v) is 22.6. The third-order valence-electron chi connectivity index (χ3n) is 7.98. The van der Waals surface area contributed by atoms with E-state index in [9.17, 15) is 4.79 Å². The highest BCUT2D eigenvalue weighted by molar-refractivity contribution is 6.31. The first-order valence-electron chi connectivity index (χ1n) is 13.3. The SMILES string of the molecule is COc1ccc([C@@H]2CN(c3ccc(C#N)nn3)C[C@H]2C(=O)N2CCC[C@@H](C3C=CC(Cl)=CC3)NCC2)c(F)c1. The number of nitrogens with one attached hydrogen (secondary N) is 1. The van der Waals surface area contributed by atoms with Crippen LogP contribution in [0, 0.1) is 29.0 Å². The lowest BCUT2D eigenvalue weighted by Gasteiger charge is -2.34. The Balaban J connectivity index is 1.32. The third kappa shape index (κ3) is 6.07. The molecule has 1 aliphatic carbocycles. The molecule has 204 valence electrons. The van der Waals surface area contributed by atoms with Gasteiger partial charge in [-0.1, -0.05) is 29.8 Å². The Morgan fingerprint density at radius 2 is 2.10 bits per heavy atom. The van der Waals surface area contributed by atoms with Gasteiger partial charge in [-0.3, -0.25) is 4.79 Å². The van der Waals surface area contributed by atoms with Crippen molar-refractivity contribution in [2.75, 3.05) is 44.7 Å². The largest absolute Gasteiger partial charge is 0.497 e. The number of benzene rings is 1. The quantitative estimate of drug-likeness (QED) is 0.601. The van der Waals surface area contributed by atoms with Crippen LogP contribution in [-0.4, -0.2) is 66.9 Å². The fourth-order valence-electron chi connectivity index (χ4n) is 5.88. The van der Waals surface area contributed by atoms with Gasteiger partial charge in [-0.25, -0.2) is 4.39 Å². The topological polar surface area (TPSA) is 94.4 Å². The lowest BCUT2D eigenvalue weighted by atomic mass is 9.87. The molecule has 0 spiro atoms. The van der Waals surface area contributed by atoms with Gasteiger partial charge in [-0.15, -0.1) is 10.2 Å². The smallest absolute Gasteiger partial charge is 0.228 e. The summed E-state index contributed by atoms with van der Waals surface area (Å²) in [6.45, 7) is 2.75. The molecule has 1 aromatic heterocycles. The number of nitrogens with zero attached hydrogens (tertiary/aromatic N) is 5. The van der Waals surface area contributed by atoms with Gasteiger partial charge in [0.15, 0.2) is 11.5 Å². The number of nitriles is 1. The van der Waals surface area contributed by atoms with E-state index in [0.717, 1.165) is 24.3 Å². The summed E-state index contributed by atoms with van der Waals surface area (Å²) in [4.78, 5) is 17.9. The van der Waals surface area contributed by atoms with E-state index in [4.69, 9.17) is 21.6 Å². The van der Waals surface area contributed by atoms with Crippen LogP contribution in [0.5, 0.6) is 5.75 Å². The predicted octanol–water partition coefficient (Wildman–Crippen LogP) is 4.00. The van der Waals surface area contributed by atoms with E-state index < -0.39 is 11.7 Å². The molecule has 0 radical (unpaired) electrons. The average Bonchev–Trinajstić information content (AvgIpc) is 3.38. The molecule has 39 heavy (non-hydrogen) atoms. The normalized spacial score (nSPS) is 25.4. The van der Waals surface area contributed by atoms with E-state index in [2.05, 4.69) is 27.7 Å². The number of carbonyl (C=O) groups excluding carboxylic acids is 1. The molecule has 5 rings (SSSR count). The van der Waals surface area contributed by atoms with Crippen molar-refractivity contribution in [1.29, 1.82) is 5.26 Å². The van der Waals surface area contributed by atoms with Gasteiger partial charge in [-0.2, -0.15) is 5.26 Å². The molecule has 1 amide bonds. The molecule has 3 aliphatic rings. The summed E-state index contributed by atoms with van der Waals surface area (Å²) in [5, 5.41) is 21.6. The Labute approximate surface area is 233 Å². The highest BCUT2D eigenvalue weighted by atomic mass is 35.5. The first-order chi connectivity index (χ1) is 19.0. The zero-order chi connectivity index (χ0) is 27.4. The molecule has 4 atom stereocenters. The first-order valence-corrected chi connectivity index (χ1v) is 13.7. The highest BCUT2D eigenvalue weighted by Crippen LogP contribution is 2.38. The average molecular weight is 551 g/mol. The van der Waals surface area contributed by atoms with Crippen LogP contribution in [0.3, 0.4) is 0 Å². The van der Waals surface area contributed by atoms with Gasteiger partial charge in [0.1, 0.15) is 17.6 Å². The lowest BCUT2D eigenvalue weighted by Crippen LogP contribution is -2.48. The summed E-state index contributed by atoms with van der Waals surface area (Å²) >= 11 is 6.10. The van der Waals surface area contributed by atoms with E-state index in [1.165, 1.54) is 13.2 Å². The van der Waals surface area contributed by atoms with Gasteiger partial charge in [0.05, 0.1) is 13.0 Å². The van der Waals surface area contributed by atoms with Gasteiger partial charge in [0.2, 0.25) is 5.91 Å². The Kier molecular flexibility index (Phi) is 8.44. The molecule has 8 nitrogen and oxygen atoms in total. The van der Waals surface area contributed by atoms with Crippen LogP contribution in [-0.2, 0) is 4.79 Å². The molecule has 1 N–H and O–H groups in total. The molecular formula is C29H32ClFN6O2. The molecule has 1 unspecified atom stereocenters. The molecule has 2 saturated heterocycles. The number of methoxy groups -OCH3 is 1. The molecule has 2 fully saturated rings. The molecule has 2 aliphatic heterocycles. The van der Waals surface area contributed by atoms with Gasteiger partial charge >= 0.3 is 0 Å². The van der Waals surface area contributed by atoms with Crippen LogP contribution < -0.4 is 15.0 Å². The van der Waals surface area contributed by atoms with Crippen molar-refractivity contribution in [3.63, 3.8) is 0 Å². The molecule has 0 saturated carbocycles. The number of hydrogen-bond donors (Lipinski definition) is 1. The molecule has 0 bridgehead atoms. The maximum absolute atomic E-state index is 15.2. The van der Waals surface area contributed by atoms with E-state index in [0.29, 0.717) is 61.8 Å². The van der Waals surface area contributed by atoms with Gasteiger partial charge in [0, 0.05) is 55.8 Å². The Morgan fingerprint density at radius 1 is 1.23 bits per heavy atom. The van der Waals surface area contributed by atoms with Crippen LogP contribution in [0.25, 0.3) is 0 Å². The summed E-state index contributed by atoms with van der Waals surface area (Å²) in [7, 11) is 1.50. The summed E-state index contributed by atoms with van der Waals surface area (Å²) in [6.07, 6.45) is 8.96. The maximum Gasteiger partial charge on any atom is 0.228 e. The van der Waals surface area contributed by atoms with Crippen molar-refractivity contribution in [2.24, 2.45) is 11.8 Å². The molecule has 2 aromatic rings. The summed E-state index contributed by atoms with van der Waals surface area (Å²) in [5.74, 6) is 0.208. The number of carbonyl (C=O) groups is 1. The minimum Gasteiger partial charge on any atom is -0.497 e. The minimum absolute atomic E-state index is 0.0202. The zero-order valence-electron chi connectivity index (χ0n) is 21.9. The van der Waals surface area contributed by atoms with Gasteiger partial charge < -0.3 is 19.9 Å². The highest BCUT2D eigenvalue weighted by Gasteiger charge is 2.42. The molecular weight excluding hydrogens is 519 g/mol. The third-order valence-corrected chi connectivity index (χ3v) is 8.26. The van der Waals surface area contributed by atoms with E-state index in [1.807, 2.05) is 21.9 Å². The number of allylic oxidation sites excluding steroid dienone is 3. The fourth-order valence-corrected chi connectivity index (χ4v) is 6.04. The molecule has 1 aromatic carbocycles. The van der Waals surface area contributed by atoms with Crippen molar-refractivity contribution in [3.05, 3.63) is 70.7 Å². The van der Waals surface area contributed by atoms with Crippen LogP contribution in [0.1, 0.15) is 36.4 Å². The van der Waals surface area contributed by atoms with Crippen LogP contribution in [0.4, 0.5) is 10.2 Å². The van der Waals surface area contributed by atoms with E-state index in [-0.39, 0.29) is 17.5 Å². The van der Waals surface area contributed by atoms with Crippen molar-refractivity contribution in [3.8, 4) is 11.8 Å². The van der Waals surface area contributed by atoms with E-state index >= 15 is 4.39 Å². The second kappa shape index (κ2) is 12.1. The number of anilines is 1. The van der Waals surface area contributed by atoms with Crippen LogP contribution in [0.15, 0.2) is 53.6 Å². The maximum atomic E-state index is 15.2.